The van der Waals surface area contributed by atoms with Gasteiger partial charge in [0, 0.05) is 18.0 Å². The minimum atomic E-state index is 0.852. The fraction of sp³-hybridized carbons (Fsp3) is 0.273. The van der Waals surface area contributed by atoms with Crippen molar-refractivity contribution in [3.8, 4) is 0 Å². The first kappa shape index (κ1) is 11.6. The van der Waals surface area contributed by atoms with Gasteiger partial charge in [-0.3, -0.25) is 4.99 Å². The molecule has 1 aromatic carbocycles. The monoisotopic (exact) mass is 176 g/mol. The summed E-state index contributed by atoms with van der Waals surface area (Å²) in [5.74, 6) is 0. The highest BCUT2D eigenvalue weighted by molar-refractivity contribution is 5.85. The van der Waals surface area contributed by atoms with Gasteiger partial charge >= 0.3 is 0 Å². The van der Waals surface area contributed by atoms with Crippen LogP contribution in [-0.4, -0.2) is 12.4 Å². The highest BCUT2D eigenvalue weighted by atomic mass is 14.7. The summed E-state index contributed by atoms with van der Waals surface area (Å²) < 4.78 is 0. The molecule has 70 valence electrons. The maximum Gasteiger partial charge on any atom is 0.0713 e. The van der Waals surface area contributed by atoms with Gasteiger partial charge in [-0.2, -0.15) is 0 Å². The zero-order valence-electron chi connectivity index (χ0n) is 8.41. The van der Waals surface area contributed by atoms with E-state index in [9.17, 15) is 0 Å². The third-order valence-corrected chi connectivity index (χ3v) is 1.36. The number of hydrogen-bond acceptors (Lipinski definition) is 2. The predicted molar refractivity (Wildman–Crippen MR) is 59.5 cm³/mol. The van der Waals surface area contributed by atoms with E-state index in [1.54, 1.807) is 6.21 Å². The second-order valence-corrected chi connectivity index (χ2v) is 2.09. The van der Waals surface area contributed by atoms with E-state index < -0.39 is 0 Å². The van der Waals surface area contributed by atoms with Crippen LogP contribution in [0.15, 0.2) is 29.3 Å². The van der Waals surface area contributed by atoms with Crippen molar-refractivity contribution >= 4 is 18.1 Å². The van der Waals surface area contributed by atoms with Crippen molar-refractivity contribution in [2.45, 2.75) is 20.8 Å². The van der Waals surface area contributed by atoms with Gasteiger partial charge in [-0.05, 0) is 13.0 Å². The normalized spacial score (nSPS) is 9.15. The van der Waals surface area contributed by atoms with Crippen molar-refractivity contribution in [2.24, 2.45) is 4.99 Å². The first-order chi connectivity index (χ1) is 6.38. The summed E-state index contributed by atoms with van der Waals surface area (Å²) in [6.45, 7) is 5.86. The van der Waals surface area contributed by atoms with Crippen molar-refractivity contribution in [1.82, 2.24) is 0 Å². The molecule has 0 amide bonds. The minimum Gasteiger partial charge on any atom is -0.308 e. The molecule has 0 aliphatic carbocycles. The Hall–Kier alpha value is -1.44. The molecular weight excluding hydrogens is 160 g/mol. The first-order valence-corrected chi connectivity index (χ1v) is 4.46. The molecule has 0 spiro atoms. The largest absolute Gasteiger partial charge is 0.308 e. The number of rotatable bonds is 2. The molecule has 0 aliphatic heterocycles. The highest BCUT2D eigenvalue weighted by Gasteiger charge is 1.92. The molecule has 0 radical (unpaired) electrons. The Labute approximate surface area is 79.8 Å². The summed E-state index contributed by atoms with van der Waals surface area (Å²) in [5, 5.41) is 7.06. The molecule has 0 saturated heterocycles. The number of para-hydroxylation sites is 1. The van der Waals surface area contributed by atoms with E-state index in [1.165, 1.54) is 6.21 Å². The zero-order valence-corrected chi connectivity index (χ0v) is 8.41. The van der Waals surface area contributed by atoms with Gasteiger partial charge in [-0.25, -0.2) is 0 Å². The Kier molecular flexibility index (Phi) is 6.42. The van der Waals surface area contributed by atoms with Gasteiger partial charge in [-0.15, -0.1) is 0 Å². The van der Waals surface area contributed by atoms with Crippen LogP contribution in [0, 0.1) is 5.41 Å². The lowest BCUT2D eigenvalue weighted by atomic mass is 10.2. The Bertz CT molecular complexity index is 277. The molecule has 13 heavy (non-hydrogen) atoms. The molecule has 0 aliphatic rings. The molecule has 0 saturated carbocycles. The van der Waals surface area contributed by atoms with E-state index in [0.29, 0.717) is 0 Å². The number of nitrogens with one attached hydrogen (secondary N) is 1. The molecule has 0 fully saturated rings. The summed E-state index contributed by atoms with van der Waals surface area (Å²) >= 11 is 0. The fourth-order valence-corrected chi connectivity index (χ4v) is 0.866. The van der Waals surface area contributed by atoms with Gasteiger partial charge in [0.05, 0.1) is 5.69 Å². The highest BCUT2D eigenvalue weighted by Crippen LogP contribution is 2.15. The van der Waals surface area contributed by atoms with Crippen LogP contribution in [0.1, 0.15) is 26.3 Å². The molecule has 2 nitrogen and oxygen atoms in total. The minimum absolute atomic E-state index is 0.852. The van der Waals surface area contributed by atoms with Crippen LogP contribution in [0.3, 0.4) is 0 Å². The van der Waals surface area contributed by atoms with Crippen molar-refractivity contribution < 1.29 is 0 Å². The average Bonchev–Trinajstić information content (AvgIpc) is 2.22. The van der Waals surface area contributed by atoms with Gasteiger partial charge in [-0.1, -0.05) is 32.0 Å². The number of hydrogen-bond donors (Lipinski definition) is 1. The second kappa shape index (κ2) is 7.22. The first-order valence-electron chi connectivity index (χ1n) is 4.46. The lowest BCUT2D eigenvalue weighted by Gasteiger charge is -1.96. The average molecular weight is 176 g/mol. The molecular formula is C11H16N2. The number of benzene rings is 1. The molecule has 2 heteroatoms. The predicted octanol–water partition coefficient (Wildman–Crippen LogP) is 3.43. The maximum atomic E-state index is 7.06. The van der Waals surface area contributed by atoms with Gasteiger partial charge in [0.2, 0.25) is 0 Å². The third kappa shape index (κ3) is 3.65. The number of aliphatic imine (C=N–C) groups is 1. The fourth-order valence-electron chi connectivity index (χ4n) is 0.866. The Morgan fingerprint density at radius 3 is 2.38 bits per heavy atom. The molecule has 1 N–H and O–H groups in total. The van der Waals surface area contributed by atoms with E-state index in [2.05, 4.69) is 4.99 Å². The quantitative estimate of drug-likeness (QED) is 0.670. The van der Waals surface area contributed by atoms with E-state index in [-0.39, 0.29) is 0 Å². The Morgan fingerprint density at radius 2 is 1.85 bits per heavy atom. The van der Waals surface area contributed by atoms with Crippen LogP contribution >= 0.6 is 0 Å². The SMILES string of the molecule is CC.CC=Nc1ccccc1C=N. The standard InChI is InChI=1S/C9H10N2.C2H6/c1-2-11-9-6-4-3-5-8(9)7-10;1-2/h2-7,10H,1H3;1-2H3. The van der Waals surface area contributed by atoms with E-state index in [4.69, 9.17) is 5.41 Å². The zero-order chi connectivity index (χ0) is 10.1. The van der Waals surface area contributed by atoms with Crippen LogP contribution in [-0.2, 0) is 0 Å². The van der Waals surface area contributed by atoms with Crippen LogP contribution in [0.2, 0.25) is 0 Å². The summed E-state index contributed by atoms with van der Waals surface area (Å²) in [6.07, 6.45) is 3.03. The molecule has 0 aromatic heterocycles. The molecule has 1 aromatic rings. The van der Waals surface area contributed by atoms with Crippen LogP contribution in [0.5, 0.6) is 0 Å². The van der Waals surface area contributed by atoms with Gasteiger partial charge in [0.1, 0.15) is 0 Å². The van der Waals surface area contributed by atoms with Crippen molar-refractivity contribution in [1.29, 1.82) is 5.41 Å². The summed E-state index contributed by atoms with van der Waals surface area (Å²) in [4.78, 5) is 4.10. The van der Waals surface area contributed by atoms with E-state index in [1.807, 2.05) is 45.0 Å². The van der Waals surface area contributed by atoms with Gasteiger partial charge in [0.15, 0.2) is 0 Å². The van der Waals surface area contributed by atoms with Gasteiger partial charge in [0.25, 0.3) is 0 Å². The van der Waals surface area contributed by atoms with E-state index in [0.717, 1.165) is 11.3 Å². The smallest absolute Gasteiger partial charge is 0.0713 e. The van der Waals surface area contributed by atoms with Crippen LogP contribution in [0.25, 0.3) is 0 Å². The molecule has 0 unspecified atom stereocenters. The summed E-state index contributed by atoms with van der Waals surface area (Å²) in [6, 6.07) is 7.57. The van der Waals surface area contributed by atoms with Crippen LogP contribution < -0.4 is 0 Å². The Morgan fingerprint density at radius 1 is 1.23 bits per heavy atom. The second-order valence-electron chi connectivity index (χ2n) is 2.09. The van der Waals surface area contributed by atoms with Gasteiger partial charge < -0.3 is 5.41 Å². The summed E-state index contributed by atoms with van der Waals surface area (Å²) in [7, 11) is 0. The van der Waals surface area contributed by atoms with Crippen molar-refractivity contribution in [3.63, 3.8) is 0 Å². The maximum absolute atomic E-state index is 7.06. The molecule has 0 heterocycles. The lowest BCUT2D eigenvalue weighted by Crippen LogP contribution is -1.78. The van der Waals surface area contributed by atoms with Crippen molar-refractivity contribution in [3.05, 3.63) is 29.8 Å². The number of nitrogens with zero attached hydrogens (tertiary/aromatic N) is 1. The molecule has 0 bridgehead atoms. The third-order valence-electron chi connectivity index (χ3n) is 1.36. The topological polar surface area (TPSA) is 36.2 Å². The Balaban J connectivity index is 0.000000671. The molecule has 0 atom stereocenters. The molecule has 1 rings (SSSR count). The van der Waals surface area contributed by atoms with Crippen LogP contribution in [0.4, 0.5) is 5.69 Å². The lowest BCUT2D eigenvalue weighted by molar-refractivity contribution is 1.48. The summed E-state index contributed by atoms with van der Waals surface area (Å²) in [5.41, 5.74) is 1.70. The van der Waals surface area contributed by atoms with Crippen molar-refractivity contribution in [2.75, 3.05) is 0 Å². The van der Waals surface area contributed by atoms with E-state index >= 15 is 0 Å².